The van der Waals surface area contributed by atoms with Crippen molar-refractivity contribution in [1.82, 2.24) is 4.90 Å². The molecule has 0 radical (unpaired) electrons. The predicted molar refractivity (Wildman–Crippen MR) is 100 cm³/mol. The van der Waals surface area contributed by atoms with Crippen molar-refractivity contribution in [3.8, 4) is 22.6 Å². The number of halogens is 2. The van der Waals surface area contributed by atoms with E-state index in [2.05, 4.69) is 30.1 Å². The summed E-state index contributed by atoms with van der Waals surface area (Å²) >= 11 is 6.24. The van der Waals surface area contributed by atoms with E-state index in [1.165, 1.54) is 27.8 Å². The first-order valence-corrected chi connectivity index (χ1v) is 8.28. The fourth-order valence-corrected chi connectivity index (χ4v) is 4.23. The molecule has 5 heteroatoms. The first-order chi connectivity index (χ1) is 11.1. The minimum absolute atomic E-state index is 0. The molecule has 0 saturated heterocycles. The quantitative estimate of drug-likeness (QED) is 0.780. The zero-order valence-corrected chi connectivity index (χ0v) is 15.6. The standard InChI is InChI=1S/C19H20ClNO2.ClH/c1-21-7-6-11-10-16(22-2)19(23-3)18-14-5-4-13(20)8-12(14)9-15(21)17(11)18;/h4-5,8,10,15H,6-7,9H2,1-3H3;1H. The van der Waals surface area contributed by atoms with Gasteiger partial charge in [-0.3, -0.25) is 4.90 Å². The molecule has 0 spiro atoms. The number of benzene rings is 2. The lowest BCUT2D eigenvalue weighted by Crippen LogP contribution is -2.35. The summed E-state index contributed by atoms with van der Waals surface area (Å²) in [4.78, 5) is 2.43. The normalized spacial score (nSPS) is 18.2. The van der Waals surface area contributed by atoms with E-state index in [4.69, 9.17) is 21.1 Å². The zero-order chi connectivity index (χ0) is 16.1. The van der Waals surface area contributed by atoms with E-state index < -0.39 is 0 Å². The molecule has 0 bridgehead atoms. The molecule has 1 atom stereocenters. The zero-order valence-electron chi connectivity index (χ0n) is 14.1. The van der Waals surface area contributed by atoms with Gasteiger partial charge in [-0.05, 0) is 60.3 Å². The smallest absolute Gasteiger partial charge is 0.168 e. The number of hydrogen-bond acceptors (Lipinski definition) is 3. The molecule has 3 nitrogen and oxygen atoms in total. The summed E-state index contributed by atoms with van der Waals surface area (Å²) in [7, 11) is 5.62. The second kappa shape index (κ2) is 6.47. The third kappa shape index (κ3) is 2.46. The summed E-state index contributed by atoms with van der Waals surface area (Å²) in [5.41, 5.74) is 6.44. The molecular formula is C19H21Cl2NO2. The topological polar surface area (TPSA) is 21.7 Å². The molecular weight excluding hydrogens is 345 g/mol. The van der Waals surface area contributed by atoms with Gasteiger partial charge in [0.2, 0.25) is 0 Å². The lowest BCUT2D eigenvalue weighted by Gasteiger charge is -2.40. The van der Waals surface area contributed by atoms with E-state index in [9.17, 15) is 0 Å². The van der Waals surface area contributed by atoms with Gasteiger partial charge in [0, 0.05) is 23.2 Å². The van der Waals surface area contributed by atoms with Crippen molar-refractivity contribution in [3.63, 3.8) is 0 Å². The Morgan fingerprint density at radius 3 is 2.62 bits per heavy atom. The average Bonchev–Trinajstić information content (AvgIpc) is 2.56. The SMILES string of the molecule is COc1cc2c3c(c1OC)-c1ccc(Cl)cc1CC3N(C)CC2.Cl. The van der Waals surface area contributed by atoms with Gasteiger partial charge in [0.05, 0.1) is 14.2 Å². The number of ether oxygens (including phenoxy) is 2. The molecule has 0 N–H and O–H groups in total. The van der Waals surface area contributed by atoms with E-state index in [0.29, 0.717) is 6.04 Å². The molecule has 2 aromatic rings. The molecule has 128 valence electrons. The summed E-state index contributed by atoms with van der Waals surface area (Å²) in [6.07, 6.45) is 2.03. The van der Waals surface area contributed by atoms with Crippen LogP contribution in [-0.4, -0.2) is 32.7 Å². The number of fused-ring (bicyclic) bond motifs is 2. The summed E-state index contributed by atoms with van der Waals surface area (Å²) < 4.78 is 11.4. The van der Waals surface area contributed by atoms with Crippen LogP contribution in [0.25, 0.3) is 11.1 Å². The van der Waals surface area contributed by atoms with Crippen LogP contribution < -0.4 is 9.47 Å². The van der Waals surface area contributed by atoms with Gasteiger partial charge in [0.15, 0.2) is 11.5 Å². The summed E-state index contributed by atoms with van der Waals surface area (Å²) in [6.45, 7) is 1.06. The van der Waals surface area contributed by atoms with Gasteiger partial charge in [0.25, 0.3) is 0 Å². The lowest BCUT2D eigenvalue weighted by atomic mass is 9.76. The van der Waals surface area contributed by atoms with E-state index in [1.54, 1.807) is 14.2 Å². The minimum atomic E-state index is 0. The van der Waals surface area contributed by atoms with Crippen molar-refractivity contribution in [2.45, 2.75) is 18.9 Å². The second-order valence-corrected chi connectivity index (χ2v) is 6.75. The third-order valence-electron chi connectivity index (χ3n) is 5.14. The Morgan fingerprint density at radius 2 is 1.92 bits per heavy atom. The average molecular weight is 366 g/mol. The van der Waals surface area contributed by atoms with Crippen LogP contribution in [0.3, 0.4) is 0 Å². The van der Waals surface area contributed by atoms with Gasteiger partial charge in [-0.15, -0.1) is 12.4 Å². The number of nitrogens with zero attached hydrogens (tertiary/aromatic N) is 1. The van der Waals surface area contributed by atoms with Crippen molar-refractivity contribution in [2.75, 3.05) is 27.8 Å². The van der Waals surface area contributed by atoms with E-state index in [0.717, 1.165) is 35.9 Å². The van der Waals surface area contributed by atoms with Gasteiger partial charge in [-0.1, -0.05) is 17.7 Å². The van der Waals surface area contributed by atoms with Crippen LogP contribution in [0.15, 0.2) is 24.3 Å². The van der Waals surface area contributed by atoms with Gasteiger partial charge in [-0.25, -0.2) is 0 Å². The van der Waals surface area contributed by atoms with E-state index in [-0.39, 0.29) is 12.4 Å². The highest BCUT2D eigenvalue weighted by molar-refractivity contribution is 6.30. The monoisotopic (exact) mass is 365 g/mol. The molecule has 2 aromatic carbocycles. The molecule has 2 aliphatic rings. The van der Waals surface area contributed by atoms with Crippen LogP contribution in [-0.2, 0) is 12.8 Å². The first-order valence-electron chi connectivity index (χ1n) is 7.90. The minimum Gasteiger partial charge on any atom is -0.493 e. The van der Waals surface area contributed by atoms with E-state index in [1.807, 2.05) is 6.07 Å². The largest absolute Gasteiger partial charge is 0.493 e. The van der Waals surface area contributed by atoms with Gasteiger partial charge in [-0.2, -0.15) is 0 Å². The maximum absolute atomic E-state index is 6.24. The van der Waals surface area contributed by atoms with Crippen molar-refractivity contribution in [1.29, 1.82) is 0 Å². The molecule has 24 heavy (non-hydrogen) atoms. The molecule has 0 fully saturated rings. The molecule has 0 saturated carbocycles. The number of methoxy groups -OCH3 is 2. The third-order valence-corrected chi connectivity index (χ3v) is 5.38. The van der Waals surface area contributed by atoms with Crippen LogP contribution in [0, 0.1) is 0 Å². The summed E-state index contributed by atoms with van der Waals surface area (Å²) in [6, 6.07) is 8.68. The Kier molecular flexibility index (Phi) is 4.69. The van der Waals surface area contributed by atoms with E-state index >= 15 is 0 Å². The Morgan fingerprint density at radius 1 is 1.12 bits per heavy atom. The van der Waals surface area contributed by atoms with Crippen molar-refractivity contribution < 1.29 is 9.47 Å². The molecule has 1 unspecified atom stereocenters. The van der Waals surface area contributed by atoms with Crippen LogP contribution >= 0.6 is 24.0 Å². The molecule has 1 aliphatic heterocycles. The van der Waals surface area contributed by atoms with Gasteiger partial charge < -0.3 is 9.47 Å². The Bertz CT molecular complexity index is 791. The van der Waals surface area contributed by atoms with Crippen molar-refractivity contribution >= 4 is 24.0 Å². The highest BCUT2D eigenvalue weighted by Gasteiger charge is 2.36. The van der Waals surface area contributed by atoms with Crippen LogP contribution in [0.5, 0.6) is 11.5 Å². The molecule has 0 aromatic heterocycles. The Balaban J connectivity index is 0.00000169. The maximum Gasteiger partial charge on any atom is 0.168 e. The fraction of sp³-hybridized carbons (Fsp3) is 0.368. The fourth-order valence-electron chi connectivity index (χ4n) is 4.03. The number of likely N-dealkylation sites (N-methyl/N-ethyl adjacent to an activating group) is 1. The van der Waals surface area contributed by atoms with Gasteiger partial charge in [0.1, 0.15) is 0 Å². The van der Waals surface area contributed by atoms with Crippen molar-refractivity contribution in [3.05, 3.63) is 46.0 Å². The van der Waals surface area contributed by atoms with Crippen molar-refractivity contribution in [2.24, 2.45) is 0 Å². The highest BCUT2D eigenvalue weighted by Crippen LogP contribution is 2.52. The number of rotatable bonds is 2. The second-order valence-electron chi connectivity index (χ2n) is 6.31. The highest BCUT2D eigenvalue weighted by atomic mass is 35.5. The molecule has 0 amide bonds. The number of hydrogen-bond donors (Lipinski definition) is 0. The molecule has 1 aliphatic carbocycles. The molecule has 1 heterocycles. The van der Waals surface area contributed by atoms with Crippen LogP contribution in [0.2, 0.25) is 5.02 Å². The maximum atomic E-state index is 6.24. The van der Waals surface area contributed by atoms with Gasteiger partial charge >= 0.3 is 0 Å². The summed E-state index contributed by atoms with van der Waals surface area (Å²) in [5, 5.41) is 0.785. The predicted octanol–water partition coefficient (Wildman–Crippen LogP) is 4.53. The lowest BCUT2D eigenvalue weighted by molar-refractivity contribution is 0.226. The Hall–Kier alpha value is -1.42. The van der Waals surface area contributed by atoms with Crippen LogP contribution in [0.4, 0.5) is 0 Å². The molecule has 4 rings (SSSR count). The van der Waals surface area contributed by atoms with Crippen LogP contribution in [0.1, 0.15) is 22.7 Å². The Labute approximate surface area is 153 Å². The first kappa shape index (κ1) is 17.4. The summed E-state index contributed by atoms with van der Waals surface area (Å²) in [5.74, 6) is 1.64.